The summed E-state index contributed by atoms with van der Waals surface area (Å²) in [4.78, 5) is 41.1. The van der Waals surface area contributed by atoms with Crippen molar-refractivity contribution in [1.82, 2.24) is 19.8 Å². The van der Waals surface area contributed by atoms with Gasteiger partial charge in [0.05, 0.1) is 46.1 Å². The molecule has 1 unspecified atom stereocenters. The lowest BCUT2D eigenvalue weighted by atomic mass is 9.88. The minimum atomic E-state index is -1.15. The summed E-state index contributed by atoms with van der Waals surface area (Å²) in [5, 5.41) is 11.1. The van der Waals surface area contributed by atoms with Crippen LogP contribution in [0, 0.1) is 35.7 Å². The standard InChI is InChI=1S/C44H43F4N5O6/c1-6-28-30(46)10-8-24-15-27(54)16-29(34(24)28)35-37(47)33-22(4)14-32-31-11-9-26(53(31)43(56)59-23(5)58-41(55)21(2)3)19-52(32)40-36(33)39(38(35)48)49-42(50-40)57-20-44-12-7-13-51(44)18-25(45)17-44/h1,8,10,15-16,21,23,25-26,31-32,54H,4,7,9,11-14,17-20H2,2-3,5H3/t23?,25-,26-,31+,32-,44+/m1/s1. The lowest BCUT2D eigenvalue weighted by Crippen LogP contribution is -2.61. The van der Waals surface area contributed by atoms with Gasteiger partial charge in [-0.15, -0.1) is 6.42 Å². The van der Waals surface area contributed by atoms with E-state index >= 15 is 13.2 Å². The number of alkyl halides is 1. The van der Waals surface area contributed by atoms with Crippen molar-refractivity contribution in [3.8, 4) is 35.2 Å². The second kappa shape index (κ2) is 14.3. The first-order valence-electron chi connectivity index (χ1n) is 20.0. The first kappa shape index (κ1) is 38.9. The number of amides is 1. The van der Waals surface area contributed by atoms with Crippen LogP contribution in [0.4, 0.5) is 28.2 Å². The third-order valence-electron chi connectivity index (χ3n) is 12.8. The zero-order valence-corrected chi connectivity index (χ0v) is 32.9. The monoisotopic (exact) mass is 813 g/mol. The molecular formula is C44H43F4N5O6. The molecule has 11 nitrogen and oxygen atoms in total. The van der Waals surface area contributed by atoms with Gasteiger partial charge in [-0.3, -0.25) is 14.6 Å². The van der Waals surface area contributed by atoms with Crippen LogP contribution < -0.4 is 9.64 Å². The number of esters is 1. The third-order valence-corrected chi connectivity index (χ3v) is 12.8. The molecule has 9 rings (SSSR count). The summed E-state index contributed by atoms with van der Waals surface area (Å²) in [6, 6.07) is 3.27. The molecule has 0 radical (unpaired) electrons. The number of carbonyl (C=O) groups is 2. The van der Waals surface area contributed by atoms with Crippen molar-refractivity contribution in [3.63, 3.8) is 0 Å². The minimum absolute atomic E-state index is 0.0132. The van der Waals surface area contributed by atoms with Gasteiger partial charge in [-0.1, -0.05) is 32.4 Å². The number of ether oxygens (including phenoxy) is 3. The Labute approximate surface area is 337 Å². The Balaban J connectivity index is 1.20. The van der Waals surface area contributed by atoms with Gasteiger partial charge in [0.1, 0.15) is 41.5 Å². The number of anilines is 1. The van der Waals surface area contributed by atoms with Crippen LogP contribution >= 0.6 is 0 Å². The molecule has 308 valence electrons. The molecule has 1 amide bonds. The number of terminal acetylenes is 1. The number of nitrogens with zero attached hydrogens (tertiary/aromatic N) is 5. The highest BCUT2D eigenvalue weighted by atomic mass is 19.1. The van der Waals surface area contributed by atoms with Gasteiger partial charge in [0, 0.05) is 42.9 Å². The van der Waals surface area contributed by atoms with E-state index in [0.29, 0.717) is 25.8 Å². The Morgan fingerprint density at radius 1 is 1.05 bits per heavy atom. The van der Waals surface area contributed by atoms with E-state index in [0.717, 1.165) is 18.6 Å². The van der Waals surface area contributed by atoms with Gasteiger partial charge in [0.15, 0.2) is 5.82 Å². The lowest BCUT2D eigenvalue weighted by molar-refractivity contribution is -0.170. The number of hydrogen-bond acceptors (Lipinski definition) is 10. The Hall–Kier alpha value is -5.62. The summed E-state index contributed by atoms with van der Waals surface area (Å²) in [5.41, 5.74) is -1.78. The largest absolute Gasteiger partial charge is 0.508 e. The van der Waals surface area contributed by atoms with Crippen molar-refractivity contribution in [3.05, 3.63) is 59.4 Å². The maximum absolute atomic E-state index is 17.6. The van der Waals surface area contributed by atoms with Crippen LogP contribution in [0.1, 0.15) is 70.4 Å². The molecule has 5 aliphatic rings. The van der Waals surface area contributed by atoms with Crippen LogP contribution in [-0.4, -0.2) is 99.3 Å². The molecule has 15 heteroatoms. The second-order valence-electron chi connectivity index (χ2n) is 16.7. The van der Waals surface area contributed by atoms with Crippen molar-refractivity contribution in [2.45, 2.75) is 95.4 Å². The number of rotatable bonds is 7. The lowest BCUT2D eigenvalue weighted by Gasteiger charge is -2.46. The molecule has 1 aromatic heterocycles. The fourth-order valence-corrected chi connectivity index (χ4v) is 10.2. The zero-order valence-electron chi connectivity index (χ0n) is 32.9. The molecule has 6 heterocycles. The molecule has 1 N–H and O–H groups in total. The van der Waals surface area contributed by atoms with Gasteiger partial charge in [-0.05, 0) is 67.8 Å². The number of aromatic hydroxyl groups is 1. The van der Waals surface area contributed by atoms with E-state index in [2.05, 4.69) is 22.4 Å². The number of phenols is 1. The third kappa shape index (κ3) is 6.20. The number of piperazine rings is 1. The van der Waals surface area contributed by atoms with Gasteiger partial charge in [0.2, 0.25) is 6.29 Å². The summed E-state index contributed by atoms with van der Waals surface area (Å²) in [7, 11) is 0. The molecule has 0 aliphatic carbocycles. The van der Waals surface area contributed by atoms with Crippen LogP contribution in [0.3, 0.4) is 0 Å². The van der Waals surface area contributed by atoms with Crippen molar-refractivity contribution < 1.29 is 46.5 Å². The highest BCUT2D eigenvalue weighted by Crippen LogP contribution is 2.50. The minimum Gasteiger partial charge on any atom is -0.508 e. The van der Waals surface area contributed by atoms with E-state index in [1.165, 1.54) is 19.1 Å². The Morgan fingerprint density at radius 2 is 1.85 bits per heavy atom. The Morgan fingerprint density at radius 3 is 2.61 bits per heavy atom. The molecular weight excluding hydrogens is 771 g/mol. The predicted molar refractivity (Wildman–Crippen MR) is 211 cm³/mol. The van der Waals surface area contributed by atoms with Gasteiger partial charge < -0.3 is 24.2 Å². The topological polar surface area (TPSA) is 118 Å². The highest BCUT2D eigenvalue weighted by Gasteiger charge is 2.52. The number of aromatic nitrogens is 2. The summed E-state index contributed by atoms with van der Waals surface area (Å²) in [5.74, 6) is -1.77. The predicted octanol–water partition coefficient (Wildman–Crippen LogP) is 7.63. The first-order valence-corrected chi connectivity index (χ1v) is 20.0. The summed E-state index contributed by atoms with van der Waals surface area (Å²) in [6.45, 7) is 10.3. The number of benzene rings is 3. The van der Waals surface area contributed by atoms with E-state index in [1.807, 2.05) is 4.90 Å². The van der Waals surface area contributed by atoms with Gasteiger partial charge >= 0.3 is 18.1 Å². The second-order valence-corrected chi connectivity index (χ2v) is 16.7. The molecule has 59 heavy (non-hydrogen) atoms. The van der Waals surface area contributed by atoms with Crippen molar-refractivity contribution in [2.24, 2.45) is 5.92 Å². The van der Waals surface area contributed by atoms with E-state index in [4.69, 9.17) is 25.6 Å². The molecule has 4 saturated heterocycles. The Bertz CT molecular complexity index is 2510. The van der Waals surface area contributed by atoms with Gasteiger partial charge in [-0.2, -0.15) is 9.97 Å². The fourth-order valence-electron chi connectivity index (χ4n) is 10.2. The van der Waals surface area contributed by atoms with Crippen LogP contribution in [0.15, 0.2) is 30.8 Å². The van der Waals surface area contributed by atoms with Crippen LogP contribution in [0.25, 0.3) is 38.4 Å². The van der Waals surface area contributed by atoms with E-state index < -0.39 is 77.1 Å². The van der Waals surface area contributed by atoms with Crippen LogP contribution in [0.2, 0.25) is 0 Å². The van der Waals surface area contributed by atoms with E-state index in [-0.39, 0.29) is 94.1 Å². The number of halogens is 4. The fraction of sp³-hybridized carbons (Fsp3) is 0.455. The SMILES string of the molecule is C#Cc1c(F)ccc2cc(O)cc(-c3c(F)c4c5c(nc(OC[C@@]67CCCN6C[C@H](F)C7)nc5c3F)N3C[C@H]5CC[C@@H]([C@H]3CC4=C)N5C(=O)OC(C)OC(=O)C(C)C)c12. The van der Waals surface area contributed by atoms with E-state index in [1.54, 1.807) is 18.7 Å². The number of hydrogen-bond donors (Lipinski definition) is 1. The smallest absolute Gasteiger partial charge is 0.413 e. The molecule has 6 atom stereocenters. The molecule has 4 fully saturated rings. The van der Waals surface area contributed by atoms with Gasteiger partial charge in [0.25, 0.3) is 0 Å². The summed E-state index contributed by atoms with van der Waals surface area (Å²) < 4.78 is 82.4. The zero-order chi connectivity index (χ0) is 41.7. The highest BCUT2D eigenvalue weighted by molar-refractivity contribution is 6.08. The van der Waals surface area contributed by atoms with Crippen molar-refractivity contribution >= 4 is 45.1 Å². The van der Waals surface area contributed by atoms with Crippen LogP contribution in [-0.2, 0) is 14.3 Å². The number of carbonyl (C=O) groups excluding carboxylic acids is 2. The maximum atomic E-state index is 17.6. The Kier molecular flexibility index (Phi) is 9.41. The molecule has 5 aliphatic heterocycles. The molecule has 3 aromatic carbocycles. The van der Waals surface area contributed by atoms with Crippen molar-refractivity contribution in [2.75, 3.05) is 31.1 Å². The summed E-state index contributed by atoms with van der Waals surface area (Å²) in [6.07, 6.45) is 5.94. The number of fused-ring (bicyclic) bond motifs is 7. The maximum Gasteiger partial charge on any atom is 0.413 e. The average molecular weight is 814 g/mol. The normalized spacial score (nSPS) is 25.2. The van der Waals surface area contributed by atoms with Crippen LogP contribution in [0.5, 0.6) is 11.8 Å². The molecule has 0 spiro atoms. The van der Waals surface area contributed by atoms with Gasteiger partial charge in [-0.25, -0.2) is 22.4 Å². The van der Waals surface area contributed by atoms with E-state index in [9.17, 15) is 19.1 Å². The quantitative estimate of drug-likeness (QED) is 0.0865. The summed E-state index contributed by atoms with van der Waals surface area (Å²) >= 11 is 0. The molecule has 2 bridgehead atoms. The first-order chi connectivity index (χ1) is 28.2. The average Bonchev–Trinajstić information content (AvgIpc) is 3.80. The van der Waals surface area contributed by atoms with Crippen molar-refractivity contribution in [1.29, 1.82) is 0 Å². The molecule has 0 saturated carbocycles. The number of phenolic OH excluding ortho intramolecular Hbond substituents is 1. The molecule has 4 aromatic rings.